The number of amides is 1. The minimum absolute atomic E-state index is 0.137. The number of nitrogens with one attached hydrogen (secondary N) is 1. The maximum atomic E-state index is 12.6. The summed E-state index contributed by atoms with van der Waals surface area (Å²) in [7, 11) is 1.50. The topological polar surface area (TPSA) is 84.7 Å². The van der Waals surface area contributed by atoms with Crippen LogP contribution in [0.15, 0.2) is 36.4 Å². The first-order chi connectivity index (χ1) is 12.7. The van der Waals surface area contributed by atoms with E-state index in [1.807, 2.05) is 32.0 Å². The molecule has 0 unspecified atom stereocenters. The smallest absolute Gasteiger partial charge is 0.387 e. The zero-order chi connectivity index (χ0) is 20.1. The van der Waals surface area contributed by atoms with Crippen LogP contribution in [0.3, 0.4) is 0 Å². The Morgan fingerprint density at radius 3 is 2.44 bits per heavy atom. The van der Waals surface area contributed by atoms with Crippen molar-refractivity contribution >= 4 is 23.0 Å². The zero-order valence-corrected chi connectivity index (χ0v) is 15.0. The Balaban J connectivity index is 2.20. The molecule has 0 aliphatic heterocycles. The summed E-state index contributed by atoms with van der Waals surface area (Å²) in [4.78, 5) is 23.9. The first-order valence-electron chi connectivity index (χ1n) is 7.99. The molecule has 0 saturated carbocycles. The lowest BCUT2D eigenvalue weighted by Gasteiger charge is -2.22. The van der Waals surface area contributed by atoms with E-state index in [-0.39, 0.29) is 29.6 Å². The van der Waals surface area contributed by atoms with Gasteiger partial charge in [-0.2, -0.15) is 8.78 Å². The van der Waals surface area contributed by atoms with Gasteiger partial charge in [-0.05, 0) is 31.0 Å². The van der Waals surface area contributed by atoms with Crippen LogP contribution in [0.5, 0.6) is 5.75 Å². The summed E-state index contributed by atoms with van der Waals surface area (Å²) in [6, 6.07) is 8.92. The number of carbonyl (C=O) groups excluding carboxylic acids is 1. The lowest BCUT2D eigenvalue weighted by molar-refractivity contribution is -0.385. The molecule has 0 heterocycles. The number of nitro groups is 1. The molecule has 7 nitrogen and oxygen atoms in total. The predicted octanol–water partition coefficient (Wildman–Crippen LogP) is 3.89. The Kier molecular flexibility index (Phi) is 6.27. The van der Waals surface area contributed by atoms with Crippen molar-refractivity contribution in [1.82, 2.24) is 0 Å². The van der Waals surface area contributed by atoms with Gasteiger partial charge in [0.05, 0.1) is 23.2 Å². The van der Waals surface area contributed by atoms with Crippen molar-refractivity contribution in [2.24, 2.45) is 0 Å². The largest absolute Gasteiger partial charge is 0.432 e. The van der Waals surface area contributed by atoms with Crippen molar-refractivity contribution < 1.29 is 23.2 Å². The normalized spacial score (nSPS) is 10.6. The number of nitro benzene ring substituents is 1. The number of benzene rings is 2. The molecule has 2 aromatic rings. The number of alkyl halides is 2. The minimum Gasteiger partial charge on any atom is -0.432 e. The first-order valence-corrected chi connectivity index (χ1v) is 7.99. The van der Waals surface area contributed by atoms with Crippen LogP contribution >= 0.6 is 0 Å². The van der Waals surface area contributed by atoms with E-state index in [1.165, 1.54) is 18.0 Å². The van der Waals surface area contributed by atoms with Crippen molar-refractivity contribution in [3.05, 3.63) is 57.6 Å². The molecule has 0 atom stereocenters. The highest BCUT2D eigenvalue weighted by molar-refractivity contribution is 5.95. The number of halogens is 2. The number of ether oxygens (including phenoxy) is 1. The van der Waals surface area contributed by atoms with E-state index in [0.717, 1.165) is 23.3 Å². The highest BCUT2D eigenvalue weighted by atomic mass is 19.3. The summed E-state index contributed by atoms with van der Waals surface area (Å²) < 4.78 is 29.7. The van der Waals surface area contributed by atoms with Crippen LogP contribution in [-0.2, 0) is 4.79 Å². The second-order valence-electron chi connectivity index (χ2n) is 5.96. The lowest BCUT2D eigenvalue weighted by Crippen LogP contribution is -2.31. The average molecular weight is 379 g/mol. The number of anilines is 2. The van der Waals surface area contributed by atoms with Crippen LogP contribution in [0, 0.1) is 24.0 Å². The molecule has 1 amide bonds. The van der Waals surface area contributed by atoms with E-state index in [0.29, 0.717) is 5.69 Å². The Bertz CT molecular complexity index is 838. The molecule has 0 bridgehead atoms. The second kappa shape index (κ2) is 8.43. The van der Waals surface area contributed by atoms with E-state index in [4.69, 9.17) is 0 Å². The van der Waals surface area contributed by atoms with Gasteiger partial charge in [0.2, 0.25) is 5.91 Å². The van der Waals surface area contributed by atoms with Crippen molar-refractivity contribution in [2.75, 3.05) is 23.8 Å². The molecule has 9 heteroatoms. The number of carbonyl (C=O) groups is 1. The highest BCUT2D eigenvalue weighted by Gasteiger charge is 2.19. The predicted molar refractivity (Wildman–Crippen MR) is 97.5 cm³/mol. The quantitative estimate of drug-likeness (QED) is 0.583. The molecule has 0 fully saturated rings. The number of likely N-dealkylation sites (N-methyl/N-ethyl adjacent to an activating group) is 1. The van der Waals surface area contributed by atoms with Gasteiger partial charge >= 0.3 is 6.61 Å². The van der Waals surface area contributed by atoms with Crippen molar-refractivity contribution in [1.29, 1.82) is 0 Å². The van der Waals surface area contributed by atoms with Crippen molar-refractivity contribution in [3.8, 4) is 5.75 Å². The Morgan fingerprint density at radius 2 is 1.89 bits per heavy atom. The Hall–Kier alpha value is -3.23. The van der Waals surface area contributed by atoms with E-state index >= 15 is 0 Å². The van der Waals surface area contributed by atoms with Gasteiger partial charge in [-0.3, -0.25) is 14.9 Å². The molecular weight excluding hydrogens is 360 g/mol. The summed E-state index contributed by atoms with van der Waals surface area (Å²) in [6.07, 6.45) is 0. The van der Waals surface area contributed by atoms with Crippen molar-refractivity contribution in [3.63, 3.8) is 0 Å². The average Bonchev–Trinajstić information content (AvgIpc) is 2.57. The van der Waals surface area contributed by atoms with Gasteiger partial charge in [0, 0.05) is 18.8 Å². The van der Waals surface area contributed by atoms with E-state index in [1.54, 1.807) is 0 Å². The van der Waals surface area contributed by atoms with Gasteiger partial charge in [0.15, 0.2) is 5.75 Å². The molecule has 144 valence electrons. The lowest BCUT2D eigenvalue weighted by atomic mass is 10.1. The maximum Gasteiger partial charge on any atom is 0.387 e. The highest BCUT2D eigenvalue weighted by Crippen LogP contribution is 2.33. The van der Waals surface area contributed by atoms with Gasteiger partial charge in [-0.1, -0.05) is 18.2 Å². The van der Waals surface area contributed by atoms with Crippen LogP contribution in [0.25, 0.3) is 0 Å². The van der Waals surface area contributed by atoms with Crippen LogP contribution in [-0.4, -0.2) is 31.0 Å². The molecule has 0 spiro atoms. The van der Waals surface area contributed by atoms with Gasteiger partial charge in [0.1, 0.15) is 0 Å². The van der Waals surface area contributed by atoms with Gasteiger partial charge in [-0.15, -0.1) is 0 Å². The number of aryl methyl sites for hydroxylation is 2. The van der Waals surface area contributed by atoms with Crippen LogP contribution in [0.4, 0.5) is 25.8 Å². The molecule has 2 aromatic carbocycles. The number of hydrogen-bond acceptors (Lipinski definition) is 5. The first kappa shape index (κ1) is 20.1. The molecule has 1 N–H and O–H groups in total. The van der Waals surface area contributed by atoms with Crippen molar-refractivity contribution in [2.45, 2.75) is 20.5 Å². The Morgan fingerprint density at radius 1 is 1.26 bits per heavy atom. The monoisotopic (exact) mass is 379 g/mol. The number of rotatable bonds is 7. The molecule has 0 aliphatic rings. The van der Waals surface area contributed by atoms with Crippen LogP contribution < -0.4 is 15.0 Å². The van der Waals surface area contributed by atoms with E-state index < -0.39 is 11.5 Å². The molecule has 2 rings (SSSR count). The third-order valence-electron chi connectivity index (χ3n) is 3.91. The van der Waals surface area contributed by atoms with E-state index in [9.17, 15) is 23.7 Å². The molecule has 0 aromatic heterocycles. The SMILES string of the molecule is Cc1cccc(C)c1NC(=O)CN(C)c1ccc([N+](=O)[O-])cc1OC(F)F. The third kappa shape index (κ3) is 5.13. The number of para-hydroxylation sites is 1. The zero-order valence-electron chi connectivity index (χ0n) is 15.0. The van der Waals surface area contributed by atoms with Gasteiger partial charge in [-0.25, -0.2) is 0 Å². The molecule has 0 aliphatic carbocycles. The summed E-state index contributed by atoms with van der Waals surface area (Å²) in [5.74, 6) is -0.738. The van der Waals surface area contributed by atoms with Gasteiger partial charge < -0.3 is 15.0 Å². The molecule has 0 radical (unpaired) electrons. The molecule has 27 heavy (non-hydrogen) atoms. The number of nitrogens with zero attached hydrogens (tertiary/aromatic N) is 2. The summed E-state index contributed by atoms with van der Waals surface area (Å²) >= 11 is 0. The summed E-state index contributed by atoms with van der Waals surface area (Å²) in [5.41, 5.74) is 2.22. The molecular formula is C18H19F2N3O4. The Labute approximate surface area is 154 Å². The summed E-state index contributed by atoms with van der Waals surface area (Å²) in [6.45, 7) is 0.405. The second-order valence-corrected chi connectivity index (χ2v) is 5.96. The standard InChI is InChI=1S/C18H19F2N3O4/c1-11-5-4-6-12(2)17(11)21-16(24)10-22(3)14-8-7-13(23(25)26)9-15(14)27-18(19)20/h4-9,18H,10H2,1-3H3,(H,21,24). The van der Waals surface area contributed by atoms with Crippen LogP contribution in [0.2, 0.25) is 0 Å². The molecule has 0 saturated heterocycles. The fourth-order valence-electron chi connectivity index (χ4n) is 2.61. The minimum atomic E-state index is -3.15. The van der Waals surface area contributed by atoms with Crippen LogP contribution in [0.1, 0.15) is 11.1 Å². The summed E-state index contributed by atoms with van der Waals surface area (Å²) in [5, 5.41) is 13.6. The third-order valence-corrected chi connectivity index (χ3v) is 3.91. The van der Waals surface area contributed by atoms with Gasteiger partial charge in [0.25, 0.3) is 5.69 Å². The maximum absolute atomic E-state index is 12.6. The fourth-order valence-corrected chi connectivity index (χ4v) is 2.61. The fraction of sp³-hybridized carbons (Fsp3) is 0.278. The number of hydrogen-bond donors (Lipinski definition) is 1. The van der Waals surface area contributed by atoms with E-state index in [2.05, 4.69) is 10.1 Å². The number of non-ortho nitro benzene ring substituents is 1.